The standard InChI is InChI=1S/C22H24N2O2S.C9H20BO.C3H8.C2H6/c1-6-8-10-18-14(3)23-12-20(18)21-13-27-22(24-21)19(16(5)26)11-17(9-7-2)15(4)25;1-4-6-7-10-9(5-2)8-11-3;1-3-2;1-2/h6,8-13,23H,1,7H2,2-5H3;9H,4-8H2,1-3H3;3H2,1-2H3;1-2H3/b10-8-,17-9+,19-11+;;;. The van der Waals surface area contributed by atoms with Crippen LogP contribution in [0.4, 0.5) is 0 Å². The second-order valence-corrected chi connectivity index (χ2v) is 10.7. The number of hydrogen-bond donors (Lipinski definition) is 1. The summed E-state index contributed by atoms with van der Waals surface area (Å²) in [7, 11) is 4.17. The van der Waals surface area contributed by atoms with Crippen molar-refractivity contribution in [3.05, 3.63) is 64.3 Å². The van der Waals surface area contributed by atoms with Crippen LogP contribution in [0.5, 0.6) is 0 Å². The van der Waals surface area contributed by atoms with Crippen molar-refractivity contribution in [3.8, 4) is 11.3 Å². The number of Topliss-reactive ketones (excluding diaryl/α,β-unsaturated/α-hetero) is 2. The normalized spacial score (nSPS) is 11.8. The summed E-state index contributed by atoms with van der Waals surface area (Å²) < 4.78 is 5.09. The van der Waals surface area contributed by atoms with Crippen molar-refractivity contribution in [1.82, 2.24) is 9.97 Å². The molecule has 0 aliphatic heterocycles. The molecule has 2 rings (SSSR count). The van der Waals surface area contributed by atoms with Crippen LogP contribution in [-0.2, 0) is 14.3 Å². The highest BCUT2D eigenvalue weighted by Gasteiger charge is 2.17. The summed E-state index contributed by atoms with van der Waals surface area (Å²) >= 11 is 1.40. The van der Waals surface area contributed by atoms with Gasteiger partial charge in [0.25, 0.3) is 0 Å². The SMILES string of the molecule is C=C/C=C\c1c(-c2csc(/C(=C/C(=C\CC)C(C)=O)C(C)=O)n2)c[nH]c1C.CC.CCC.CCCC[B]C(CC)COC. The van der Waals surface area contributed by atoms with Crippen molar-refractivity contribution in [1.29, 1.82) is 0 Å². The van der Waals surface area contributed by atoms with Crippen LogP contribution in [-0.4, -0.2) is 42.5 Å². The number of ether oxygens (including phenoxy) is 1. The fourth-order valence-electron chi connectivity index (χ4n) is 3.77. The summed E-state index contributed by atoms with van der Waals surface area (Å²) in [6.45, 7) is 24.2. The summed E-state index contributed by atoms with van der Waals surface area (Å²) in [4.78, 5) is 31.9. The molecule has 2 aromatic heterocycles. The minimum atomic E-state index is -0.115. The van der Waals surface area contributed by atoms with Crippen LogP contribution in [0.25, 0.3) is 22.9 Å². The molecule has 0 fully saturated rings. The zero-order valence-electron chi connectivity index (χ0n) is 28.9. The Bertz CT molecular complexity index is 1140. The maximum absolute atomic E-state index is 12.2. The summed E-state index contributed by atoms with van der Waals surface area (Å²) in [5.74, 6) is 0.494. The number of H-pyrrole nitrogens is 1. The maximum atomic E-state index is 12.2. The predicted molar refractivity (Wildman–Crippen MR) is 192 cm³/mol. The number of rotatable bonds is 15. The van der Waals surface area contributed by atoms with Crippen molar-refractivity contribution in [2.75, 3.05) is 13.7 Å². The molecule has 1 radical (unpaired) electrons. The molecule has 2 heterocycles. The lowest BCUT2D eigenvalue weighted by atomic mass is 9.60. The number of methoxy groups -OCH3 is 1. The molecule has 0 spiro atoms. The molecule has 1 atom stereocenters. The first kappa shape index (κ1) is 42.4. The molecule has 0 aliphatic rings. The van der Waals surface area contributed by atoms with Gasteiger partial charge in [0, 0.05) is 47.7 Å². The van der Waals surface area contributed by atoms with Crippen LogP contribution in [0.15, 0.2) is 48.0 Å². The van der Waals surface area contributed by atoms with Crippen LogP contribution in [0.3, 0.4) is 0 Å². The van der Waals surface area contributed by atoms with E-state index in [9.17, 15) is 9.59 Å². The first-order valence-electron chi connectivity index (χ1n) is 15.8. The van der Waals surface area contributed by atoms with Crippen LogP contribution >= 0.6 is 11.3 Å². The number of aryl methyl sites for hydroxylation is 1. The van der Waals surface area contributed by atoms with E-state index in [0.717, 1.165) is 35.5 Å². The van der Waals surface area contributed by atoms with Gasteiger partial charge in [-0.05, 0) is 39.1 Å². The summed E-state index contributed by atoms with van der Waals surface area (Å²) in [6, 6.07) is 0. The lowest BCUT2D eigenvalue weighted by Crippen LogP contribution is -2.08. The Morgan fingerprint density at radius 1 is 1.14 bits per heavy atom. The second kappa shape index (κ2) is 26.8. The lowest BCUT2D eigenvalue weighted by molar-refractivity contribution is -0.113. The second-order valence-electron chi connectivity index (χ2n) is 9.82. The minimum Gasteiger partial charge on any atom is -0.385 e. The summed E-state index contributed by atoms with van der Waals surface area (Å²) in [6.07, 6.45) is 18.0. The van der Waals surface area contributed by atoms with E-state index in [0.29, 0.717) is 22.0 Å². The van der Waals surface area contributed by atoms with Gasteiger partial charge in [-0.3, -0.25) is 9.59 Å². The number of aromatic nitrogens is 2. The van der Waals surface area contributed by atoms with E-state index in [-0.39, 0.29) is 11.6 Å². The van der Waals surface area contributed by atoms with Gasteiger partial charge in [0.05, 0.1) is 11.3 Å². The number of aromatic amines is 1. The Kier molecular flexibility index (Phi) is 26.4. The number of nitrogens with zero attached hydrogens (tertiary/aromatic N) is 1. The lowest BCUT2D eigenvalue weighted by Gasteiger charge is -2.11. The van der Waals surface area contributed by atoms with E-state index in [1.807, 2.05) is 57.5 Å². The van der Waals surface area contributed by atoms with E-state index in [1.54, 1.807) is 19.3 Å². The van der Waals surface area contributed by atoms with E-state index in [4.69, 9.17) is 4.74 Å². The van der Waals surface area contributed by atoms with E-state index in [1.165, 1.54) is 57.2 Å². The smallest absolute Gasteiger partial charge is 0.162 e. The number of unbranched alkanes of at least 4 members (excludes halogenated alkanes) is 1. The Morgan fingerprint density at radius 3 is 2.28 bits per heavy atom. The minimum absolute atomic E-state index is 0.0644. The monoisotopic (exact) mass is 609 g/mol. The molecule has 0 amide bonds. The molecule has 0 aliphatic carbocycles. The molecule has 0 aromatic carbocycles. The third kappa shape index (κ3) is 17.2. The van der Waals surface area contributed by atoms with E-state index in [2.05, 4.69) is 51.5 Å². The quantitative estimate of drug-likeness (QED) is 0.0944. The zero-order valence-corrected chi connectivity index (χ0v) is 29.7. The molecule has 5 nitrogen and oxygen atoms in total. The molecule has 43 heavy (non-hydrogen) atoms. The number of ketones is 2. The average Bonchev–Trinajstić information content (AvgIpc) is 3.61. The molecule has 7 heteroatoms. The van der Waals surface area contributed by atoms with Crippen LogP contribution in [0.1, 0.15) is 111 Å². The van der Waals surface area contributed by atoms with Crippen molar-refractivity contribution in [2.24, 2.45) is 0 Å². The van der Waals surface area contributed by atoms with Gasteiger partial charge in [-0.25, -0.2) is 4.98 Å². The van der Waals surface area contributed by atoms with Crippen molar-refractivity contribution in [2.45, 2.75) is 113 Å². The largest absolute Gasteiger partial charge is 0.385 e. The van der Waals surface area contributed by atoms with Gasteiger partial charge in [0.15, 0.2) is 11.6 Å². The molecule has 0 saturated heterocycles. The Morgan fingerprint density at radius 2 is 1.79 bits per heavy atom. The fraction of sp³-hybridized carbons (Fsp3) is 0.528. The van der Waals surface area contributed by atoms with Gasteiger partial charge in [-0.2, -0.15) is 0 Å². The van der Waals surface area contributed by atoms with Gasteiger partial charge in [0.1, 0.15) is 12.3 Å². The highest BCUT2D eigenvalue weighted by atomic mass is 32.1. The number of thiazole rings is 1. The predicted octanol–water partition coefficient (Wildman–Crippen LogP) is 10.7. The number of nitrogens with one attached hydrogen (secondary N) is 1. The molecular weight excluding hydrogens is 551 g/mol. The van der Waals surface area contributed by atoms with E-state index < -0.39 is 0 Å². The first-order valence-corrected chi connectivity index (χ1v) is 16.7. The summed E-state index contributed by atoms with van der Waals surface area (Å²) in [5, 5.41) is 2.54. The van der Waals surface area contributed by atoms with Crippen LogP contribution < -0.4 is 0 Å². The zero-order chi connectivity index (χ0) is 33.2. The third-order valence-electron chi connectivity index (χ3n) is 6.01. The van der Waals surface area contributed by atoms with Crippen LogP contribution in [0.2, 0.25) is 12.1 Å². The van der Waals surface area contributed by atoms with Gasteiger partial charge < -0.3 is 9.72 Å². The molecule has 0 bridgehead atoms. The highest BCUT2D eigenvalue weighted by Crippen LogP contribution is 2.31. The number of hydrogen-bond acceptors (Lipinski definition) is 5. The highest BCUT2D eigenvalue weighted by molar-refractivity contribution is 7.11. The Hall–Kier alpha value is -2.77. The first-order chi connectivity index (χ1) is 20.6. The molecule has 239 valence electrons. The maximum Gasteiger partial charge on any atom is 0.162 e. The molecule has 1 unspecified atom stereocenters. The van der Waals surface area contributed by atoms with Gasteiger partial charge in [0.2, 0.25) is 0 Å². The fourth-order valence-corrected chi connectivity index (χ4v) is 4.65. The van der Waals surface area contributed by atoms with Gasteiger partial charge in [-0.1, -0.05) is 111 Å². The number of carbonyl (C=O) groups excluding carboxylic acids is 2. The Labute approximate surface area is 268 Å². The number of carbonyl (C=O) groups is 2. The van der Waals surface area contributed by atoms with Gasteiger partial charge in [-0.15, -0.1) is 11.3 Å². The van der Waals surface area contributed by atoms with E-state index >= 15 is 0 Å². The number of allylic oxidation sites excluding steroid dienone is 6. The average molecular weight is 610 g/mol. The van der Waals surface area contributed by atoms with Gasteiger partial charge >= 0.3 is 0 Å². The summed E-state index contributed by atoms with van der Waals surface area (Å²) in [5.41, 5.74) is 4.81. The topological polar surface area (TPSA) is 72.0 Å². The van der Waals surface area contributed by atoms with Crippen molar-refractivity contribution in [3.63, 3.8) is 0 Å². The van der Waals surface area contributed by atoms with Crippen LogP contribution in [0, 0.1) is 6.92 Å². The molecular formula is C36H58BN2O3S. The van der Waals surface area contributed by atoms with Crippen molar-refractivity contribution < 1.29 is 14.3 Å². The molecule has 2 aromatic rings. The molecule has 1 N–H and O–H groups in total. The Balaban J connectivity index is 0. The third-order valence-corrected chi connectivity index (χ3v) is 6.88. The van der Waals surface area contributed by atoms with Crippen molar-refractivity contribution >= 4 is 41.8 Å². The molecule has 0 saturated carbocycles.